The van der Waals surface area contributed by atoms with E-state index in [2.05, 4.69) is 5.10 Å². The number of rotatable bonds is 3. The highest BCUT2D eigenvalue weighted by Gasteiger charge is 2.67. The number of carbonyl (C=O) groups excluding carboxylic acids is 1. The van der Waals surface area contributed by atoms with Crippen molar-refractivity contribution in [2.75, 3.05) is 0 Å². The molecule has 106 valence electrons. The van der Waals surface area contributed by atoms with Crippen LogP contribution in [-0.2, 0) is 0 Å². The van der Waals surface area contributed by atoms with Gasteiger partial charge in [0.1, 0.15) is 5.69 Å². The quantitative estimate of drug-likeness (QED) is 0.807. The molecule has 1 heterocycles. The van der Waals surface area contributed by atoms with Crippen molar-refractivity contribution in [2.45, 2.75) is 19.3 Å². The summed E-state index contributed by atoms with van der Waals surface area (Å²) in [6.45, 7) is 0. The molecule has 0 amide bonds. The van der Waals surface area contributed by atoms with Crippen LogP contribution in [0.3, 0.4) is 0 Å². The largest absolute Gasteiger partial charge is 0.292 e. The predicted molar refractivity (Wildman–Crippen MR) is 79.2 cm³/mol. The first-order chi connectivity index (χ1) is 10.3. The molecule has 4 atom stereocenters. The molecule has 4 unspecified atom stereocenters. The molecule has 3 aliphatic carbocycles. The average Bonchev–Trinajstić information content (AvgIpc) is 2.92. The molecule has 1 aromatic heterocycles. The van der Waals surface area contributed by atoms with Crippen molar-refractivity contribution >= 4 is 5.78 Å². The van der Waals surface area contributed by atoms with Gasteiger partial charge >= 0.3 is 0 Å². The van der Waals surface area contributed by atoms with Gasteiger partial charge in [-0.15, -0.1) is 0 Å². The molecule has 3 fully saturated rings. The van der Waals surface area contributed by atoms with Crippen molar-refractivity contribution in [3.8, 4) is 5.69 Å². The van der Waals surface area contributed by atoms with Crippen LogP contribution >= 0.6 is 0 Å². The molecule has 0 N–H and O–H groups in total. The van der Waals surface area contributed by atoms with Gasteiger partial charge in [0.05, 0.1) is 11.9 Å². The van der Waals surface area contributed by atoms with Gasteiger partial charge in [-0.2, -0.15) is 5.10 Å². The molecular formula is C18H18N2O. The van der Waals surface area contributed by atoms with Gasteiger partial charge in [-0.05, 0) is 61.1 Å². The normalized spacial score (nSPS) is 35.7. The van der Waals surface area contributed by atoms with Crippen LogP contribution in [0.25, 0.3) is 5.69 Å². The third kappa shape index (κ3) is 1.55. The highest BCUT2D eigenvalue weighted by Crippen LogP contribution is 2.69. The Labute approximate surface area is 124 Å². The van der Waals surface area contributed by atoms with E-state index in [4.69, 9.17) is 0 Å². The van der Waals surface area contributed by atoms with Gasteiger partial charge in [0.2, 0.25) is 0 Å². The molecule has 0 aliphatic heterocycles. The number of hydrogen-bond donors (Lipinski definition) is 0. The van der Waals surface area contributed by atoms with Gasteiger partial charge in [0, 0.05) is 5.92 Å². The maximum Gasteiger partial charge on any atom is 0.184 e. The Morgan fingerprint density at radius 2 is 1.76 bits per heavy atom. The van der Waals surface area contributed by atoms with Crippen LogP contribution in [-0.4, -0.2) is 15.6 Å². The van der Waals surface area contributed by atoms with E-state index in [1.165, 1.54) is 19.3 Å². The summed E-state index contributed by atoms with van der Waals surface area (Å²) in [5.74, 6) is 3.66. The molecule has 1 aromatic carbocycles. The van der Waals surface area contributed by atoms with Crippen LogP contribution in [0.2, 0.25) is 0 Å². The number of ketones is 1. The Balaban J connectivity index is 1.47. The summed E-state index contributed by atoms with van der Waals surface area (Å²) in [5, 5.41) is 4.36. The van der Waals surface area contributed by atoms with Crippen molar-refractivity contribution in [1.82, 2.24) is 9.78 Å². The Bertz CT molecular complexity index is 689. The van der Waals surface area contributed by atoms with Crippen LogP contribution in [0, 0.1) is 29.6 Å². The maximum absolute atomic E-state index is 12.9. The van der Waals surface area contributed by atoms with E-state index in [9.17, 15) is 4.79 Å². The third-order valence-electron chi connectivity index (χ3n) is 5.93. The van der Waals surface area contributed by atoms with E-state index in [1.54, 1.807) is 10.9 Å². The second kappa shape index (κ2) is 4.06. The monoisotopic (exact) mass is 278 g/mol. The first-order valence-electron chi connectivity index (χ1n) is 7.98. The lowest BCUT2D eigenvalue weighted by Gasteiger charge is -2.10. The summed E-state index contributed by atoms with van der Waals surface area (Å²) < 4.78 is 1.80. The lowest BCUT2D eigenvalue weighted by Crippen LogP contribution is -2.14. The lowest BCUT2D eigenvalue weighted by molar-refractivity contribution is 0.0936. The fourth-order valence-corrected chi connectivity index (χ4v) is 5.11. The number of aromatic nitrogens is 2. The summed E-state index contributed by atoms with van der Waals surface area (Å²) in [7, 11) is 0. The van der Waals surface area contributed by atoms with Crippen molar-refractivity contribution in [3.63, 3.8) is 0 Å². The second-order valence-corrected chi connectivity index (χ2v) is 6.84. The van der Waals surface area contributed by atoms with E-state index < -0.39 is 0 Å². The van der Waals surface area contributed by atoms with Crippen LogP contribution in [0.4, 0.5) is 0 Å². The summed E-state index contributed by atoms with van der Waals surface area (Å²) in [6, 6.07) is 11.8. The Morgan fingerprint density at radius 1 is 1.05 bits per heavy atom. The summed E-state index contributed by atoms with van der Waals surface area (Å²) >= 11 is 0. The molecule has 3 aliphatic rings. The molecule has 0 spiro atoms. The summed E-state index contributed by atoms with van der Waals surface area (Å²) in [5.41, 5.74) is 1.74. The average molecular weight is 278 g/mol. The first kappa shape index (κ1) is 11.7. The van der Waals surface area contributed by atoms with Crippen molar-refractivity contribution in [3.05, 3.63) is 48.3 Å². The van der Waals surface area contributed by atoms with Crippen molar-refractivity contribution in [2.24, 2.45) is 29.6 Å². The minimum atomic E-state index is 0.287. The number of fused-ring (bicyclic) bond motifs is 5. The zero-order valence-corrected chi connectivity index (χ0v) is 11.9. The van der Waals surface area contributed by atoms with Gasteiger partial charge in [0.15, 0.2) is 5.78 Å². The number of carbonyl (C=O) groups is 1. The van der Waals surface area contributed by atoms with Crippen LogP contribution < -0.4 is 0 Å². The van der Waals surface area contributed by atoms with Crippen LogP contribution in [0.15, 0.2) is 42.6 Å². The molecule has 2 bridgehead atoms. The third-order valence-corrected chi connectivity index (χ3v) is 5.93. The number of Topliss-reactive ketones (excluding diaryl/α,β-unsaturated/α-hetero) is 1. The Kier molecular flexibility index (Phi) is 2.27. The molecular weight excluding hydrogens is 260 g/mol. The smallest absolute Gasteiger partial charge is 0.184 e. The minimum absolute atomic E-state index is 0.287. The highest BCUT2D eigenvalue weighted by atomic mass is 16.1. The molecule has 0 radical (unpaired) electrons. The molecule has 3 saturated carbocycles. The lowest BCUT2D eigenvalue weighted by atomic mass is 9.98. The van der Waals surface area contributed by atoms with E-state index >= 15 is 0 Å². The van der Waals surface area contributed by atoms with Crippen LogP contribution in [0.5, 0.6) is 0 Å². The number of hydrogen-bond acceptors (Lipinski definition) is 2. The van der Waals surface area contributed by atoms with E-state index in [0.717, 1.165) is 23.2 Å². The number of para-hydroxylation sites is 1. The van der Waals surface area contributed by atoms with E-state index in [-0.39, 0.29) is 5.92 Å². The highest BCUT2D eigenvalue weighted by molar-refractivity contribution is 5.99. The predicted octanol–water partition coefficient (Wildman–Crippen LogP) is 3.35. The Morgan fingerprint density at radius 3 is 2.48 bits per heavy atom. The van der Waals surface area contributed by atoms with Crippen molar-refractivity contribution in [1.29, 1.82) is 0 Å². The van der Waals surface area contributed by atoms with Gasteiger partial charge in [-0.3, -0.25) is 4.79 Å². The molecule has 5 rings (SSSR count). The van der Waals surface area contributed by atoms with Gasteiger partial charge in [0.25, 0.3) is 0 Å². The molecule has 21 heavy (non-hydrogen) atoms. The zero-order valence-electron chi connectivity index (χ0n) is 11.9. The van der Waals surface area contributed by atoms with E-state index in [1.807, 2.05) is 36.4 Å². The van der Waals surface area contributed by atoms with Gasteiger partial charge in [-0.1, -0.05) is 18.2 Å². The summed E-state index contributed by atoms with van der Waals surface area (Å²) in [4.78, 5) is 12.9. The topological polar surface area (TPSA) is 34.9 Å². The molecule has 3 heteroatoms. The first-order valence-corrected chi connectivity index (χ1v) is 7.98. The van der Waals surface area contributed by atoms with Gasteiger partial charge in [-0.25, -0.2) is 4.68 Å². The number of nitrogens with zero attached hydrogens (tertiary/aromatic N) is 2. The molecule has 2 aromatic rings. The second-order valence-electron chi connectivity index (χ2n) is 6.84. The minimum Gasteiger partial charge on any atom is -0.292 e. The maximum atomic E-state index is 12.9. The zero-order chi connectivity index (χ0) is 14.0. The molecule has 0 saturated heterocycles. The molecule has 3 nitrogen and oxygen atoms in total. The standard InChI is InChI=1S/C18H18N2O/c21-18(17-15-11-6-7-12(10-11)16(15)17)14-8-9-19-20(14)13-4-2-1-3-5-13/h1-5,8-9,11-12,15-17H,6-7,10H2. The van der Waals surface area contributed by atoms with E-state index in [0.29, 0.717) is 17.6 Å². The fourth-order valence-electron chi connectivity index (χ4n) is 5.11. The van der Waals surface area contributed by atoms with Crippen LogP contribution in [0.1, 0.15) is 29.8 Å². The Hall–Kier alpha value is -1.90. The SMILES string of the molecule is O=C(c1ccnn1-c1ccccc1)C1C2C3CCC(C3)C12. The van der Waals surface area contributed by atoms with Gasteiger partial charge < -0.3 is 0 Å². The van der Waals surface area contributed by atoms with Crippen molar-refractivity contribution < 1.29 is 4.79 Å². The number of benzene rings is 1. The summed E-state index contributed by atoms with van der Waals surface area (Å²) in [6.07, 6.45) is 5.84. The fraction of sp³-hybridized carbons (Fsp3) is 0.444.